The second-order valence-electron chi connectivity index (χ2n) is 4.04. The van der Waals surface area contributed by atoms with E-state index in [9.17, 15) is 4.79 Å². The van der Waals surface area contributed by atoms with E-state index in [-0.39, 0.29) is 5.78 Å². The van der Waals surface area contributed by atoms with Crippen LogP contribution in [0.25, 0.3) is 0 Å². The van der Waals surface area contributed by atoms with Gasteiger partial charge in [0, 0.05) is 12.8 Å². The minimum Gasteiger partial charge on any atom is -0.458 e. The van der Waals surface area contributed by atoms with Crippen LogP contribution in [0.1, 0.15) is 48.9 Å². The third kappa shape index (κ3) is 1.89. The Bertz CT molecular complexity index is 321. The van der Waals surface area contributed by atoms with E-state index >= 15 is 0 Å². The Morgan fingerprint density at radius 1 is 1.50 bits per heavy atom. The van der Waals surface area contributed by atoms with Gasteiger partial charge in [-0.05, 0) is 30.9 Å². The molecule has 0 radical (unpaired) electrons. The lowest BCUT2D eigenvalue weighted by molar-refractivity contribution is 0.0907. The minimum atomic E-state index is 0.175. The molecule has 2 heteroatoms. The fourth-order valence-electron chi connectivity index (χ4n) is 1.78. The SMILES string of the molecule is CCc1ccc(C(=O)CC2CCC2)o1. The number of hydrogen-bond acceptors (Lipinski definition) is 2. The summed E-state index contributed by atoms with van der Waals surface area (Å²) < 4.78 is 5.41. The van der Waals surface area contributed by atoms with Crippen LogP contribution < -0.4 is 0 Å². The van der Waals surface area contributed by atoms with Crippen LogP contribution in [-0.2, 0) is 6.42 Å². The summed E-state index contributed by atoms with van der Waals surface area (Å²) in [6, 6.07) is 3.70. The number of carbonyl (C=O) groups is 1. The van der Waals surface area contributed by atoms with Gasteiger partial charge in [0.1, 0.15) is 5.76 Å². The second kappa shape index (κ2) is 3.99. The fourth-order valence-corrected chi connectivity index (χ4v) is 1.78. The van der Waals surface area contributed by atoms with Gasteiger partial charge in [0.2, 0.25) is 0 Å². The average molecular weight is 192 g/mol. The number of aryl methyl sites for hydroxylation is 1. The largest absolute Gasteiger partial charge is 0.458 e. The molecule has 1 aromatic heterocycles. The lowest BCUT2D eigenvalue weighted by Crippen LogP contribution is -2.15. The van der Waals surface area contributed by atoms with Crippen molar-refractivity contribution in [3.05, 3.63) is 23.7 Å². The third-order valence-electron chi connectivity index (χ3n) is 2.98. The third-order valence-corrected chi connectivity index (χ3v) is 2.98. The Morgan fingerprint density at radius 3 is 2.79 bits per heavy atom. The van der Waals surface area contributed by atoms with Crippen LogP contribution in [0.5, 0.6) is 0 Å². The maximum absolute atomic E-state index is 11.7. The molecule has 2 rings (SSSR count). The molecule has 1 heterocycles. The Balaban J connectivity index is 1.95. The van der Waals surface area contributed by atoms with Crippen LogP contribution in [0.2, 0.25) is 0 Å². The smallest absolute Gasteiger partial charge is 0.198 e. The number of furan rings is 1. The molecule has 1 aliphatic rings. The fraction of sp³-hybridized carbons (Fsp3) is 0.583. The number of rotatable bonds is 4. The molecule has 0 spiro atoms. The van der Waals surface area contributed by atoms with Gasteiger partial charge in [-0.2, -0.15) is 0 Å². The zero-order valence-electron chi connectivity index (χ0n) is 8.58. The van der Waals surface area contributed by atoms with Crippen molar-refractivity contribution in [2.45, 2.75) is 39.0 Å². The summed E-state index contributed by atoms with van der Waals surface area (Å²) in [5, 5.41) is 0. The van der Waals surface area contributed by atoms with Crippen LogP contribution in [0, 0.1) is 5.92 Å². The summed E-state index contributed by atoms with van der Waals surface area (Å²) in [6.45, 7) is 2.03. The van der Waals surface area contributed by atoms with Crippen molar-refractivity contribution in [2.75, 3.05) is 0 Å². The van der Waals surface area contributed by atoms with Gasteiger partial charge < -0.3 is 4.42 Å². The molecule has 0 aromatic carbocycles. The van der Waals surface area contributed by atoms with E-state index in [1.165, 1.54) is 19.3 Å². The zero-order valence-corrected chi connectivity index (χ0v) is 8.58. The number of carbonyl (C=O) groups excluding carboxylic acids is 1. The van der Waals surface area contributed by atoms with Crippen molar-refractivity contribution in [1.82, 2.24) is 0 Å². The Labute approximate surface area is 84.3 Å². The minimum absolute atomic E-state index is 0.175. The molecule has 2 nitrogen and oxygen atoms in total. The topological polar surface area (TPSA) is 30.2 Å². The summed E-state index contributed by atoms with van der Waals surface area (Å²) in [4.78, 5) is 11.7. The molecule has 76 valence electrons. The lowest BCUT2D eigenvalue weighted by Gasteiger charge is -2.23. The van der Waals surface area contributed by atoms with Gasteiger partial charge in [-0.25, -0.2) is 0 Å². The first-order chi connectivity index (χ1) is 6.79. The molecular weight excluding hydrogens is 176 g/mol. The summed E-state index contributed by atoms with van der Waals surface area (Å²) in [6.07, 6.45) is 5.25. The average Bonchev–Trinajstić information content (AvgIpc) is 2.59. The van der Waals surface area contributed by atoms with Gasteiger partial charge in [-0.3, -0.25) is 4.79 Å². The molecule has 1 saturated carbocycles. The highest BCUT2D eigenvalue weighted by atomic mass is 16.3. The van der Waals surface area contributed by atoms with Gasteiger partial charge >= 0.3 is 0 Å². The van der Waals surface area contributed by atoms with E-state index in [2.05, 4.69) is 0 Å². The summed E-state index contributed by atoms with van der Waals surface area (Å²) in [7, 11) is 0. The first-order valence-electron chi connectivity index (χ1n) is 5.41. The monoisotopic (exact) mass is 192 g/mol. The van der Waals surface area contributed by atoms with E-state index < -0.39 is 0 Å². The lowest BCUT2D eigenvalue weighted by atomic mass is 9.81. The summed E-state index contributed by atoms with van der Waals surface area (Å²) in [5.74, 6) is 2.25. The van der Waals surface area contributed by atoms with Crippen LogP contribution in [-0.4, -0.2) is 5.78 Å². The highest BCUT2D eigenvalue weighted by Crippen LogP contribution is 2.30. The molecule has 14 heavy (non-hydrogen) atoms. The van der Waals surface area contributed by atoms with Crippen LogP contribution >= 0.6 is 0 Å². The van der Waals surface area contributed by atoms with Crippen molar-refractivity contribution < 1.29 is 9.21 Å². The van der Waals surface area contributed by atoms with Crippen molar-refractivity contribution in [1.29, 1.82) is 0 Å². The normalized spacial score (nSPS) is 16.6. The number of ketones is 1. The van der Waals surface area contributed by atoms with Gasteiger partial charge in [-0.15, -0.1) is 0 Å². The van der Waals surface area contributed by atoms with Gasteiger partial charge in [0.05, 0.1) is 0 Å². The molecule has 1 aromatic rings. The maximum Gasteiger partial charge on any atom is 0.198 e. The molecule has 0 aliphatic heterocycles. The zero-order chi connectivity index (χ0) is 9.97. The predicted octanol–water partition coefficient (Wildman–Crippen LogP) is 3.21. The van der Waals surface area contributed by atoms with Crippen molar-refractivity contribution in [3.63, 3.8) is 0 Å². The molecule has 0 saturated heterocycles. The predicted molar refractivity (Wildman–Crippen MR) is 54.4 cm³/mol. The first kappa shape index (κ1) is 9.50. The van der Waals surface area contributed by atoms with E-state index in [0.717, 1.165) is 12.2 Å². The quantitative estimate of drug-likeness (QED) is 0.686. The standard InChI is InChI=1S/C12H16O2/c1-2-10-6-7-12(14-10)11(13)8-9-4-3-5-9/h6-7,9H,2-5,8H2,1H3. The van der Waals surface area contributed by atoms with Gasteiger partial charge in [-0.1, -0.05) is 13.3 Å². The molecule has 0 bridgehead atoms. The molecule has 1 fully saturated rings. The molecule has 0 N–H and O–H groups in total. The van der Waals surface area contributed by atoms with Gasteiger partial charge in [0.15, 0.2) is 11.5 Å². The van der Waals surface area contributed by atoms with Crippen molar-refractivity contribution in [3.8, 4) is 0 Å². The summed E-state index contributed by atoms with van der Waals surface area (Å²) in [5.41, 5.74) is 0. The van der Waals surface area contributed by atoms with Crippen LogP contribution in [0.4, 0.5) is 0 Å². The summed E-state index contributed by atoms with van der Waals surface area (Å²) >= 11 is 0. The highest BCUT2D eigenvalue weighted by molar-refractivity contribution is 5.93. The molecular formula is C12H16O2. The van der Waals surface area contributed by atoms with E-state index in [4.69, 9.17) is 4.42 Å². The first-order valence-corrected chi connectivity index (χ1v) is 5.41. The van der Waals surface area contributed by atoms with Crippen molar-refractivity contribution >= 4 is 5.78 Å². The van der Waals surface area contributed by atoms with E-state index in [1.807, 2.05) is 13.0 Å². The van der Waals surface area contributed by atoms with Crippen LogP contribution in [0.3, 0.4) is 0 Å². The molecule has 0 unspecified atom stereocenters. The van der Waals surface area contributed by atoms with E-state index in [1.54, 1.807) is 6.07 Å². The number of hydrogen-bond donors (Lipinski definition) is 0. The molecule has 1 aliphatic carbocycles. The Kier molecular flexibility index (Phi) is 2.71. The Hall–Kier alpha value is -1.05. The van der Waals surface area contributed by atoms with Gasteiger partial charge in [0.25, 0.3) is 0 Å². The highest BCUT2D eigenvalue weighted by Gasteiger charge is 2.22. The number of Topliss-reactive ketones (excluding diaryl/α,β-unsaturated/α-hetero) is 1. The van der Waals surface area contributed by atoms with E-state index in [0.29, 0.717) is 18.1 Å². The Morgan fingerprint density at radius 2 is 2.29 bits per heavy atom. The van der Waals surface area contributed by atoms with Crippen LogP contribution in [0.15, 0.2) is 16.5 Å². The van der Waals surface area contributed by atoms with Crippen molar-refractivity contribution in [2.24, 2.45) is 5.92 Å². The molecule has 0 atom stereocenters. The second-order valence-corrected chi connectivity index (χ2v) is 4.04. The molecule has 0 amide bonds. The maximum atomic E-state index is 11.7.